The van der Waals surface area contributed by atoms with Gasteiger partial charge in [0.25, 0.3) is 5.91 Å². The summed E-state index contributed by atoms with van der Waals surface area (Å²) in [7, 11) is 0. The Morgan fingerprint density at radius 1 is 1.42 bits per heavy atom. The summed E-state index contributed by atoms with van der Waals surface area (Å²) in [5, 5.41) is 3.38. The first-order chi connectivity index (χ1) is 9.06. The first-order valence-electron chi connectivity index (χ1n) is 5.70. The number of carbonyl (C=O) groups excluding carboxylic acids is 1. The fourth-order valence-corrected chi connectivity index (χ4v) is 2.50. The van der Waals surface area contributed by atoms with Crippen molar-refractivity contribution in [1.29, 1.82) is 0 Å². The van der Waals surface area contributed by atoms with Crippen LogP contribution in [0.4, 0.5) is 0 Å². The van der Waals surface area contributed by atoms with Crippen LogP contribution in [0.3, 0.4) is 0 Å². The van der Waals surface area contributed by atoms with E-state index >= 15 is 0 Å². The molecule has 0 spiro atoms. The summed E-state index contributed by atoms with van der Waals surface area (Å²) in [6.07, 6.45) is 3.48. The van der Waals surface area contributed by atoms with E-state index in [4.69, 9.17) is 11.6 Å². The van der Waals surface area contributed by atoms with Crippen LogP contribution in [0.25, 0.3) is 0 Å². The number of nitrogens with zero attached hydrogens (tertiary/aromatic N) is 1. The Hall–Kier alpha value is -1.39. The number of carbonyl (C=O) groups is 1. The van der Waals surface area contributed by atoms with Gasteiger partial charge in [0, 0.05) is 34.0 Å². The normalized spacial score (nSPS) is 10.3. The van der Waals surface area contributed by atoms with Crippen LogP contribution in [0.1, 0.15) is 21.5 Å². The minimum absolute atomic E-state index is 0.161. The van der Waals surface area contributed by atoms with Gasteiger partial charge in [-0.05, 0) is 42.3 Å². The van der Waals surface area contributed by atoms with E-state index in [9.17, 15) is 4.79 Å². The molecule has 0 unspecified atom stereocenters. The van der Waals surface area contributed by atoms with Gasteiger partial charge in [-0.1, -0.05) is 27.5 Å². The zero-order valence-corrected chi connectivity index (χ0v) is 12.6. The number of hydrogen-bond donors (Lipinski definition) is 1. The van der Waals surface area contributed by atoms with Crippen molar-refractivity contribution in [2.24, 2.45) is 0 Å². The van der Waals surface area contributed by atoms with E-state index in [1.807, 2.05) is 13.0 Å². The molecule has 0 radical (unpaired) electrons. The number of aryl methyl sites for hydroxylation is 1. The molecule has 1 heterocycles. The van der Waals surface area contributed by atoms with Gasteiger partial charge in [-0.3, -0.25) is 9.78 Å². The zero-order chi connectivity index (χ0) is 13.8. The number of halogens is 2. The second kappa shape index (κ2) is 6.17. The molecule has 1 aromatic heterocycles. The van der Waals surface area contributed by atoms with Gasteiger partial charge in [-0.15, -0.1) is 0 Å². The number of nitrogens with one attached hydrogen (secondary N) is 1. The van der Waals surface area contributed by atoms with Gasteiger partial charge in [-0.2, -0.15) is 0 Å². The SMILES string of the molecule is Cc1ccncc1CNC(=O)c1cc(Cl)cc(Br)c1. The van der Waals surface area contributed by atoms with Crippen molar-refractivity contribution in [3.63, 3.8) is 0 Å². The van der Waals surface area contributed by atoms with Gasteiger partial charge in [0.15, 0.2) is 0 Å². The molecule has 19 heavy (non-hydrogen) atoms. The molecular formula is C14H12BrClN2O. The standard InChI is InChI=1S/C14H12BrClN2O/c1-9-2-3-17-7-11(9)8-18-14(19)10-4-12(15)6-13(16)5-10/h2-7H,8H2,1H3,(H,18,19). The van der Waals surface area contributed by atoms with Crippen molar-refractivity contribution in [3.8, 4) is 0 Å². The number of hydrogen-bond acceptors (Lipinski definition) is 2. The lowest BCUT2D eigenvalue weighted by molar-refractivity contribution is 0.0951. The van der Waals surface area contributed by atoms with Gasteiger partial charge >= 0.3 is 0 Å². The molecule has 1 aromatic carbocycles. The molecule has 1 N–H and O–H groups in total. The highest BCUT2D eigenvalue weighted by Gasteiger charge is 2.08. The molecule has 0 aliphatic rings. The predicted molar refractivity (Wildman–Crippen MR) is 79.3 cm³/mol. The third kappa shape index (κ3) is 3.78. The van der Waals surface area contributed by atoms with Crippen molar-refractivity contribution in [2.75, 3.05) is 0 Å². The lowest BCUT2D eigenvalue weighted by Crippen LogP contribution is -2.23. The molecule has 0 saturated heterocycles. The second-order valence-corrected chi connectivity index (χ2v) is 5.50. The molecule has 0 aliphatic carbocycles. The Balaban J connectivity index is 2.08. The van der Waals surface area contributed by atoms with Gasteiger partial charge in [0.1, 0.15) is 0 Å². The van der Waals surface area contributed by atoms with E-state index in [2.05, 4.69) is 26.2 Å². The Bertz CT molecular complexity index is 596. The van der Waals surface area contributed by atoms with Crippen LogP contribution in [0, 0.1) is 6.92 Å². The summed E-state index contributed by atoms with van der Waals surface area (Å²) < 4.78 is 0.780. The number of amides is 1. The van der Waals surface area contributed by atoms with Crippen LogP contribution < -0.4 is 5.32 Å². The molecule has 0 saturated carbocycles. The lowest BCUT2D eigenvalue weighted by Gasteiger charge is -2.08. The minimum atomic E-state index is -0.161. The molecule has 0 fully saturated rings. The third-order valence-corrected chi connectivity index (χ3v) is 3.39. The predicted octanol–water partition coefficient (Wildman–Crippen LogP) is 3.74. The number of rotatable bonds is 3. The summed E-state index contributed by atoms with van der Waals surface area (Å²) in [6, 6.07) is 7.02. The monoisotopic (exact) mass is 338 g/mol. The minimum Gasteiger partial charge on any atom is -0.348 e. The maximum Gasteiger partial charge on any atom is 0.251 e. The first-order valence-corrected chi connectivity index (χ1v) is 6.87. The Morgan fingerprint density at radius 2 is 2.21 bits per heavy atom. The fourth-order valence-electron chi connectivity index (χ4n) is 1.64. The summed E-state index contributed by atoms with van der Waals surface area (Å²) in [4.78, 5) is 16.1. The second-order valence-electron chi connectivity index (χ2n) is 4.14. The summed E-state index contributed by atoms with van der Waals surface area (Å²) >= 11 is 9.23. The van der Waals surface area contributed by atoms with Crippen molar-refractivity contribution in [1.82, 2.24) is 10.3 Å². The van der Waals surface area contributed by atoms with Crippen LogP contribution in [-0.4, -0.2) is 10.9 Å². The highest BCUT2D eigenvalue weighted by atomic mass is 79.9. The summed E-state index contributed by atoms with van der Waals surface area (Å²) in [6.45, 7) is 2.43. The topological polar surface area (TPSA) is 42.0 Å². The molecule has 5 heteroatoms. The third-order valence-electron chi connectivity index (χ3n) is 2.71. The molecular weight excluding hydrogens is 328 g/mol. The largest absolute Gasteiger partial charge is 0.348 e. The maximum atomic E-state index is 12.0. The van der Waals surface area contributed by atoms with Gasteiger partial charge in [0.05, 0.1) is 0 Å². The van der Waals surface area contributed by atoms with Crippen LogP contribution in [0.5, 0.6) is 0 Å². The van der Waals surface area contributed by atoms with E-state index < -0.39 is 0 Å². The zero-order valence-electron chi connectivity index (χ0n) is 10.3. The van der Waals surface area contributed by atoms with Crippen molar-refractivity contribution in [2.45, 2.75) is 13.5 Å². The molecule has 1 amide bonds. The highest BCUT2D eigenvalue weighted by Crippen LogP contribution is 2.19. The van der Waals surface area contributed by atoms with Crippen molar-refractivity contribution >= 4 is 33.4 Å². The first kappa shape index (κ1) is 14.0. The Morgan fingerprint density at radius 3 is 2.89 bits per heavy atom. The van der Waals surface area contributed by atoms with Gasteiger partial charge < -0.3 is 5.32 Å². The Kier molecular flexibility index (Phi) is 4.56. The molecule has 2 rings (SSSR count). The van der Waals surface area contributed by atoms with E-state index in [0.29, 0.717) is 17.1 Å². The van der Waals surface area contributed by atoms with E-state index in [-0.39, 0.29) is 5.91 Å². The highest BCUT2D eigenvalue weighted by molar-refractivity contribution is 9.10. The van der Waals surface area contributed by atoms with Crippen molar-refractivity contribution < 1.29 is 4.79 Å². The number of aromatic nitrogens is 1. The van der Waals surface area contributed by atoms with Crippen LogP contribution in [0.2, 0.25) is 5.02 Å². The molecule has 0 atom stereocenters. The Labute approximate surface area is 125 Å². The summed E-state index contributed by atoms with van der Waals surface area (Å²) in [5.74, 6) is -0.161. The lowest BCUT2D eigenvalue weighted by atomic mass is 10.1. The molecule has 0 bridgehead atoms. The van der Waals surface area contributed by atoms with Crippen LogP contribution in [0.15, 0.2) is 41.1 Å². The maximum absolute atomic E-state index is 12.0. The fraction of sp³-hybridized carbons (Fsp3) is 0.143. The molecule has 3 nitrogen and oxygen atoms in total. The average molecular weight is 340 g/mol. The summed E-state index contributed by atoms with van der Waals surface area (Å²) in [5.41, 5.74) is 2.63. The quantitative estimate of drug-likeness (QED) is 0.925. The van der Waals surface area contributed by atoms with E-state index in [0.717, 1.165) is 15.6 Å². The average Bonchev–Trinajstić information content (AvgIpc) is 2.36. The molecule has 2 aromatic rings. The number of benzene rings is 1. The molecule has 0 aliphatic heterocycles. The van der Waals surface area contributed by atoms with E-state index in [1.54, 1.807) is 30.6 Å². The smallest absolute Gasteiger partial charge is 0.251 e. The van der Waals surface area contributed by atoms with Crippen LogP contribution in [-0.2, 0) is 6.54 Å². The van der Waals surface area contributed by atoms with Crippen molar-refractivity contribution in [3.05, 3.63) is 62.8 Å². The van der Waals surface area contributed by atoms with E-state index in [1.165, 1.54) is 0 Å². The van der Waals surface area contributed by atoms with Gasteiger partial charge in [0.2, 0.25) is 0 Å². The molecule has 98 valence electrons. The van der Waals surface area contributed by atoms with Crippen LogP contribution >= 0.6 is 27.5 Å². The van der Waals surface area contributed by atoms with Gasteiger partial charge in [-0.25, -0.2) is 0 Å². The number of pyridine rings is 1.